The minimum absolute atomic E-state index is 0.208. The molecule has 1 aromatic carbocycles. The van der Waals surface area contributed by atoms with Crippen molar-refractivity contribution in [3.05, 3.63) is 34.9 Å². The Morgan fingerprint density at radius 2 is 2.21 bits per heavy atom. The van der Waals surface area contributed by atoms with Gasteiger partial charge in [0.25, 0.3) is 0 Å². The van der Waals surface area contributed by atoms with Crippen molar-refractivity contribution in [2.75, 3.05) is 13.6 Å². The van der Waals surface area contributed by atoms with E-state index in [9.17, 15) is 0 Å². The van der Waals surface area contributed by atoms with Gasteiger partial charge in [-0.15, -0.1) is 0 Å². The van der Waals surface area contributed by atoms with Crippen LogP contribution in [0.2, 0.25) is 5.02 Å². The van der Waals surface area contributed by atoms with Gasteiger partial charge in [0.1, 0.15) is 0 Å². The van der Waals surface area contributed by atoms with Crippen LogP contribution in [0.25, 0.3) is 0 Å². The SMILES string of the molecule is CC(N)CN(C)Cc1cccc(Cl)c1. The van der Waals surface area contributed by atoms with E-state index < -0.39 is 0 Å². The number of halogens is 1. The topological polar surface area (TPSA) is 29.3 Å². The zero-order chi connectivity index (χ0) is 10.6. The van der Waals surface area contributed by atoms with Crippen molar-refractivity contribution in [3.8, 4) is 0 Å². The van der Waals surface area contributed by atoms with Gasteiger partial charge in [0, 0.05) is 24.2 Å². The van der Waals surface area contributed by atoms with Crippen LogP contribution >= 0.6 is 11.6 Å². The molecule has 0 saturated carbocycles. The van der Waals surface area contributed by atoms with Crippen molar-refractivity contribution in [2.24, 2.45) is 5.73 Å². The average Bonchev–Trinajstić information content (AvgIpc) is 2.01. The lowest BCUT2D eigenvalue weighted by Gasteiger charge is -2.18. The summed E-state index contributed by atoms with van der Waals surface area (Å²) in [6.07, 6.45) is 0. The van der Waals surface area contributed by atoms with Crippen LogP contribution in [0.4, 0.5) is 0 Å². The molecule has 0 aliphatic carbocycles. The summed E-state index contributed by atoms with van der Waals surface area (Å²) in [7, 11) is 2.06. The van der Waals surface area contributed by atoms with Gasteiger partial charge < -0.3 is 10.6 Å². The van der Waals surface area contributed by atoms with Crippen molar-refractivity contribution in [3.63, 3.8) is 0 Å². The van der Waals surface area contributed by atoms with Crippen molar-refractivity contribution >= 4 is 11.6 Å². The van der Waals surface area contributed by atoms with E-state index in [0.29, 0.717) is 0 Å². The smallest absolute Gasteiger partial charge is 0.0409 e. The first kappa shape index (κ1) is 11.5. The highest BCUT2D eigenvalue weighted by atomic mass is 35.5. The normalized spacial score (nSPS) is 13.2. The zero-order valence-electron chi connectivity index (χ0n) is 8.70. The standard InChI is InChI=1S/C11H17ClN2/c1-9(13)7-14(2)8-10-4-3-5-11(12)6-10/h3-6,9H,7-8,13H2,1-2H3. The largest absolute Gasteiger partial charge is 0.327 e. The van der Waals surface area contributed by atoms with Gasteiger partial charge in [0.2, 0.25) is 0 Å². The molecule has 0 bridgehead atoms. The Bertz CT molecular complexity index is 286. The summed E-state index contributed by atoms with van der Waals surface area (Å²) in [5.41, 5.74) is 6.93. The van der Waals surface area contributed by atoms with Crippen LogP contribution in [0.3, 0.4) is 0 Å². The Balaban J connectivity index is 2.51. The van der Waals surface area contributed by atoms with Gasteiger partial charge in [-0.1, -0.05) is 23.7 Å². The maximum atomic E-state index is 5.89. The van der Waals surface area contributed by atoms with Gasteiger partial charge in [-0.3, -0.25) is 0 Å². The van der Waals surface area contributed by atoms with E-state index in [4.69, 9.17) is 17.3 Å². The lowest BCUT2D eigenvalue weighted by atomic mass is 10.2. The number of hydrogen-bond acceptors (Lipinski definition) is 2. The molecule has 0 amide bonds. The number of benzene rings is 1. The number of likely N-dealkylation sites (N-methyl/N-ethyl adjacent to an activating group) is 1. The molecule has 14 heavy (non-hydrogen) atoms. The summed E-state index contributed by atoms with van der Waals surface area (Å²) in [4.78, 5) is 2.19. The van der Waals surface area contributed by atoms with Gasteiger partial charge in [-0.05, 0) is 31.7 Å². The molecule has 0 heterocycles. The van der Waals surface area contributed by atoms with Crippen molar-refractivity contribution in [1.29, 1.82) is 0 Å². The molecule has 1 rings (SSSR count). The van der Waals surface area contributed by atoms with Gasteiger partial charge >= 0.3 is 0 Å². The van der Waals surface area contributed by atoms with Crippen molar-refractivity contribution in [2.45, 2.75) is 19.5 Å². The molecule has 2 nitrogen and oxygen atoms in total. The van der Waals surface area contributed by atoms with Gasteiger partial charge in [-0.2, -0.15) is 0 Å². The second kappa shape index (κ2) is 5.35. The summed E-state index contributed by atoms with van der Waals surface area (Å²) in [5.74, 6) is 0. The summed E-state index contributed by atoms with van der Waals surface area (Å²) in [6, 6.07) is 8.12. The number of hydrogen-bond donors (Lipinski definition) is 1. The maximum absolute atomic E-state index is 5.89. The molecule has 3 heteroatoms. The lowest BCUT2D eigenvalue weighted by Crippen LogP contribution is -2.32. The third kappa shape index (κ3) is 4.09. The molecule has 0 radical (unpaired) electrons. The fourth-order valence-electron chi connectivity index (χ4n) is 1.50. The molecule has 1 atom stereocenters. The van der Waals surface area contributed by atoms with E-state index >= 15 is 0 Å². The van der Waals surface area contributed by atoms with E-state index in [1.54, 1.807) is 0 Å². The Kier molecular flexibility index (Phi) is 4.39. The predicted molar refractivity (Wildman–Crippen MR) is 61.4 cm³/mol. The monoisotopic (exact) mass is 212 g/mol. The third-order valence-electron chi connectivity index (χ3n) is 1.94. The van der Waals surface area contributed by atoms with Crippen LogP contribution in [0.15, 0.2) is 24.3 Å². The average molecular weight is 213 g/mol. The Morgan fingerprint density at radius 1 is 1.50 bits per heavy atom. The van der Waals surface area contributed by atoms with Crippen LogP contribution in [-0.2, 0) is 6.54 Å². The quantitative estimate of drug-likeness (QED) is 0.829. The first-order valence-corrected chi connectivity index (χ1v) is 5.14. The fourth-order valence-corrected chi connectivity index (χ4v) is 1.72. The molecule has 1 unspecified atom stereocenters. The van der Waals surface area contributed by atoms with Gasteiger partial charge in [0.05, 0.1) is 0 Å². The highest BCUT2D eigenvalue weighted by Crippen LogP contribution is 2.11. The molecule has 0 aliphatic heterocycles. The Hall–Kier alpha value is -0.570. The zero-order valence-corrected chi connectivity index (χ0v) is 9.46. The fraction of sp³-hybridized carbons (Fsp3) is 0.455. The molecular weight excluding hydrogens is 196 g/mol. The summed E-state index contributed by atoms with van der Waals surface area (Å²) in [5, 5.41) is 0.789. The predicted octanol–water partition coefficient (Wildman–Crippen LogP) is 2.12. The minimum atomic E-state index is 0.208. The number of nitrogens with two attached hydrogens (primary N) is 1. The molecule has 0 spiro atoms. The van der Waals surface area contributed by atoms with E-state index in [-0.39, 0.29) is 6.04 Å². The first-order valence-electron chi connectivity index (χ1n) is 4.76. The van der Waals surface area contributed by atoms with Crippen LogP contribution < -0.4 is 5.73 Å². The molecule has 0 aromatic heterocycles. The van der Waals surface area contributed by atoms with Gasteiger partial charge in [0.15, 0.2) is 0 Å². The number of rotatable bonds is 4. The Labute approximate surface area is 90.7 Å². The van der Waals surface area contributed by atoms with Crippen LogP contribution in [0.5, 0.6) is 0 Å². The summed E-state index contributed by atoms with van der Waals surface area (Å²) < 4.78 is 0. The van der Waals surface area contributed by atoms with Crippen molar-refractivity contribution < 1.29 is 0 Å². The van der Waals surface area contributed by atoms with E-state index in [1.807, 2.05) is 25.1 Å². The van der Waals surface area contributed by atoms with Gasteiger partial charge in [-0.25, -0.2) is 0 Å². The molecular formula is C11H17ClN2. The second-order valence-corrected chi connectivity index (χ2v) is 4.24. The second-order valence-electron chi connectivity index (χ2n) is 3.80. The molecule has 0 aliphatic rings. The molecule has 0 fully saturated rings. The van der Waals surface area contributed by atoms with Crippen LogP contribution in [-0.4, -0.2) is 24.5 Å². The number of nitrogens with zero attached hydrogens (tertiary/aromatic N) is 1. The van der Waals surface area contributed by atoms with Crippen molar-refractivity contribution in [1.82, 2.24) is 4.90 Å². The lowest BCUT2D eigenvalue weighted by molar-refractivity contribution is 0.310. The van der Waals surface area contributed by atoms with Crippen LogP contribution in [0, 0.1) is 0 Å². The van der Waals surface area contributed by atoms with E-state index in [0.717, 1.165) is 18.1 Å². The maximum Gasteiger partial charge on any atom is 0.0409 e. The highest BCUT2D eigenvalue weighted by molar-refractivity contribution is 6.30. The summed E-state index contributed by atoms with van der Waals surface area (Å²) in [6.45, 7) is 3.79. The molecule has 1 aromatic rings. The first-order chi connectivity index (χ1) is 6.58. The minimum Gasteiger partial charge on any atom is -0.327 e. The summed E-state index contributed by atoms with van der Waals surface area (Å²) >= 11 is 5.89. The van der Waals surface area contributed by atoms with E-state index in [1.165, 1.54) is 5.56 Å². The highest BCUT2D eigenvalue weighted by Gasteiger charge is 2.02. The third-order valence-corrected chi connectivity index (χ3v) is 2.18. The van der Waals surface area contributed by atoms with E-state index in [2.05, 4.69) is 18.0 Å². The van der Waals surface area contributed by atoms with Crippen LogP contribution in [0.1, 0.15) is 12.5 Å². The molecule has 0 saturated heterocycles. The molecule has 78 valence electrons. The Morgan fingerprint density at radius 3 is 2.79 bits per heavy atom. The molecule has 2 N–H and O–H groups in total.